The summed E-state index contributed by atoms with van der Waals surface area (Å²) >= 11 is 0. The fraction of sp³-hybridized carbons (Fsp3) is 0.826. The first-order chi connectivity index (χ1) is 12.5. The summed E-state index contributed by atoms with van der Waals surface area (Å²) in [7, 11) is 0. The minimum absolute atomic E-state index is 0.512. The van der Waals surface area contributed by atoms with Gasteiger partial charge in [-0.1, -0.05) is 66.2 Å². The van der Waals surface area contributed by atoms with Crippen LogP contribution in [0.1, 0.15) is 98.3 Å². The Morgan fingerprint density at radius 2 is 1.46 bits per heavy atom. The topological polar surface area (TPSA) is 55.3 Å². The van der Waals surface area contributed by atoms with Crippen molar-refractivity contribution < 1.29 is 0 Å². The Balaban J connectivity index is 2.94. The van der Waals surface area contributed by atoms with Crippen LogP contribution in [0.3, 0.4) is 0 Å². The van der Waals surface area contributed by atoms with Gasteiger partial charge in [0.15, 0.2) is 0 Å². The lowest BCUT2D eigenvalue weighted by atomic mass is 9.92. The second-order valence-corrected chi connectivity index (χ2v) is 8.21. The molecule has 2 atom stereocenters. The molecule has 4 N–H and O–H groups in total. The molecule has 1 aliphatic carbocycles. The molecule has 0 saturated carbocycles. The molecule has 152 valence electrons. The SMILES string of the molecule is CCCCC(CC)CN(CC(CC)CCCC)C1=CC(=C(N)N)CCC1. The summed E-state index contributed by atoms with van der Waals surface area (Å²) < 4.78 is 0. The van der Waals surface area contributed by atoms with E-state index in [0.717, 1.165) is 23.8 Å². The van der Waals surface area contributed by atoms with Crippen molar-refractivity contribution in [3.05, 3.63) is 23.2 Å². The Morgan fingerprint density at radius 3 is 1.88 bits per heavy atom. The van der Waals surface area contributed by atoms with Crippen molar-refractivity contribution in [1.82, 2.24) is 4.90 Å². The van der Waals surface area contributed by atoms with Gasteiger partial charge in [-0.2, -0.15) is 0 Å². The number of unbranched alkanes of at least 4 members (excludes halogenated alkanes) is 2. The van der Waals surface area contributed by atoms with Gasteiger partial charge in [0.05, 0.1) is 5.82 Å². The first-order valence-corrected chi connectivity index (χ1v) is 11.2. The minimum atomic E-state index is 0.512. The highest BCUT2D eigenvalue weighted by atomic mass is 15.1. The molecule has 0 aliphatic heterocycles. The van der Waals surface area contributed by atoms with Gasteiger partial charge < -0.3 is 16.4 Å². The molecular weight excluding hydrogens is 318 g/mol. The third kappa shape index (κ3) is 8.05. The Bertz CT molecular complexity index is 417. The molecule has 0 saturated heterocycles. The minimum Gasteiger partial charge on any atom is -0.385 e. The number of rotatable bonds is 13. The van der Waals surface area contributed by atoms with Crippen molar-refractivity contribution >= 4 is 0 Å². The van der Waals surface area contributed by atoms with E-state index in [9.17, 15) is 0 Å². The average Bonchev–Trinajstić information content (AvgIpc) is 2.66. The van der Waals surface area contributed by atoms with Gasteiger partial charge in [0.2, 0.25) is 0 Å². The molecule has 0 radical (unpaired) electrons. The summed E-state index contributed by atoms with van der Waals surface area (Å²) in [4.78, 5) is 2.70. The van der Waals surface area contributed by atoms with Crippen LogP contribution >= 0.6 is 0 Å². The van der Waals surface area contributed by atoms with Crippen molar-refractivity contribution in [2.75, 3.05) is 13.1 Å². The van der Waals surface area contributed by atoms with E-state index in [-0.39, 0.29) is 0 Å². The molecule has 1 rings (SSSR count). The van der Waals surface area contributed by atoms with E-state index in [4.69, 9.17) is 11.5 Å². The molecule has 0 amide bonds. The molecule has 0 aromatic carbocycles. The standard InChI is InChI=1S/C23H45N3/c1-5-9-12-19(7-3)17-26(18-20(8-4)13-10-6-2)22-15-11-14-21(16-22)23(24)25/h16,19-20H,5-15,17-18,24-25H2,1-4H3. The maximum atomic E-state index is 5.91. The summed E-state index contributed by atoms with van der Waals surface area (Å²) in [6.45, 7) is 11.7. The molecule has 2 unspecified atom stereocenters. The highest BCUT2D eigenvalue weighted by molar-refractivity contribution is 5.29. The number of hydrogen-bond donors (Lipinski definition) is 2. The predicted molar refractivity (Wildman–Crippen MR) is 116 cm³/mol. The highest BCUT2D eigenvalue weighted by Gasteiger charge is 2.21. The summed E-state index contributed by atoms with van der Waals surface area (Å²) in [5.74, 6) is 2.10. The fourth-order valence-electron chi connectivity index (χ4n) is 4.05. The normalized spacial score (nSPS) is 16.9. The lowest BCUT2D eigenvalue weighted by Gasteiger charge is -2.36. The van der Waals surface area contributed by atoms with Crippen LogP contribution in [-0.4, -0.2) is 18.0 Å². The Morgan fingerprint density at radius 1 is 0.923 bits per heavy atom. The van der Waals surface area contributed by atoms with Gasteiger partial charge >= 0.3 is 0 Å². The zero-order valence-corrected chi connectivity index (χ0v) is 18.0. The van der Waals surface area contributed by atoms with Gasteiger partial charge in [-0.15, -0.1) is 0 Å². The van der Waals surface area contributed by atoms with Crippen molar-refractivity contribution in [1.29, 1.82) is 0 Å². The van der Waals surface area contributed by atoms with Gasteiger partial charge in [-0.3, -0.25) is 0 Å². The molecule has 1 aliphatic rings. The average molecular weight is 364 g/mol. The van der Waals surface area contributed by atoms with Crippen molar-refractivity contribution in [3.8, 4) is 0 Å². The van der Waals surface area contributed by atoms with Crippen LogP contribution in [0.5, 0.6) is 0 Å². The second kappa shape index (κ2) is 13.1. The fourth-order valence-corrected chi connectivity index (χ4v) is 4.05. The van der Waals surface area contributed by atoms with Crippen LogP contribution in [0.2, 0.25) is 0 Å². The van der Waals surface area contributed by atoms with Gasteiger partial charge in [0, 0.05) is 18.8 Å². The third-order valence-electron chi connectivity index (χ3n) is 6.04. The zero-order chi connectivity index (χ0) is 19.4. The number of hydrogen-bond acceptors (Lipinski definition) is 3. The van der Waals surface area contributed by atoms with Crippen LogP contribution in [0.15, 0.2) is 23.2 Å². The number of nitrogens with two attached hydrogens (primary N) is 2. The van der Waals surface area contributed by atoms with E-state index < -0.39 is 0 Å². The molecular formula is C23H45N3. The maximum absolute atomic E-state index is 5.91. The first-order valence-electron chi connectivity index (χ1n) is 11.2. The lowest BCUT2D eigenvalue weighted by molar-refractivity contribution is 0.215. The third-order valence-corrected chi connectivity index (χ3v) is 6.04. The van der Waals surface area contributed by atoms with Crippen molar-refractivity contribution in [3.63, 3.8) is 0 Å². The van der Waals surface area contributed by atoms with Crippen LogP contribution in [0, 0.1) is 11.8 Å². The van der Waals surface area contributed by atoms with E-state index in [1.54, 1.807) is 0 Å². The summed E-state index contributed by atoms with van der Waals surface area (Å²) in [6.07, 6.45) is 16.2. The Kier molecular flexibility index (Phi) is 11.6. The monoisotopic (exact) mass is 363 g/mol. The summed E-state index contributed by atoms with van der Waals surface area (Å²) in [6, 6.07) is 0. The molecule has 26 heavy (non-hydrogen) atoms. The van der Waals surface area contributed by atoms with E-state index in [0.29, 0.717) is 5.82 Å². The smallest absolute Gasteiger partial charge is 0.0967 e. The van der Waals surface area contributed by atoms with Gasteiger partial charge in [-0.25, -0.2) is 0 Å². The number of nitrogens with zero attached hydrogens (tertiary/aromatic N) is 1. The second-order valence-electron chi connectivity index (χ2n) is 8.21. The van der Waals surface area contributed by atoms with Crippen LogP contribution in [-0.2, 0) is 0 Å². The number of allylic oxidation sites excluding steroid dienone is 3. The molecule has 0 bridgehead atoms. The van der Waals surface area contributed by atoms with E-state index in [1.807, 2.05) is 0 Å². The molecule has 0 fully saturated rings. The Hall–Kier alpha value is -1.12. The van der Waals surface area contributed by atoms with Crippen LogP contribution in [0.4, 0.5) is 0 Å². The van der Waals surface area contributed by atoms with Crippen molar-refractivity contribution in [2.24, 2.45) is 23.3 Å². The van der Waals surface area contributed by atoms with Gasteiger partial charge in [-0.05, 0) is 55.6 Å². The van der Waals surface area contributed by atoms with Gasteiger partial charge in [0.1, 0.15) is 0 Å². The van der Waals surface area contributed by atoms with E-state index in [2.05, 4.69) is 38.7 Å². The quantitative estimate of drug-likeness (QED) is 0.427. The first kappa shape index (κ1) is 22.9. The molecule has 0 spiro atoms. The van der Waals surface area contributed by atoms with E-state index >= 15 is 0 Å². The Labute approximate surface area is 163 Å². The highest BCUT2D eigenvalue weighted by Crippen LogP contribution is 2.29. The molecule has 0 aromatic rings. The van der Waals surface area contributed by atoms with Crippen LogP contribution < -0.4 is 11.5 Å². The van der Waals surface area contributed by atoms with E-state index in [1.165, 1.54) is 83.0 Å². The lowest BCUT2D eigenvalue weighted by Crippen LogP contribution is -2.34. The molecule has 3 heteroatoms. The largest absolute Gasteiger partial charge is 0.385 e. The predicted octanol–water partition coefficient (Wildman–Crippen LogP) is 5.92. The summed E-state index contributed by atoms with van der Waals surface area (Å²) in [5.41, 5.74) is 14.4. The molecule has 0 heterocycles. The molecule has 0 aromatic heterocycles. The molecule has 3 nitrogen and oxygen atoms in total. The van der Waals surface area contributed by atoms with Gasteiger partial charge in [0.25, 0.3) is 0 Å². The zero-order valence-electron chi connectivity index (χ0n) is 18.0. The summed E-state index contributed by atoms with van der Waals surface area (Å²) in [5, 5.41) is 0. The van der Waals surface area contributed by atoms with Crippen LogP contribution in [0.25, 0.3) is 0 Å². The maximum Gasteiger partial charge on any atom is 0.0967 e. The van der Waals surface area contributed by atoms with Crippen molar-refractivity contribution in [2.45, 2.75) is 98.3 Å².